The van der Waals surface area contributed by atoms with Crippen LogP contribution in [0.3, 0.4) is 0 Å². The molecule has 0 saturated heterocycles. The average molecular weight is 398 g/mol. The first-order chi connectivity index (χ1) is 14.1. The third-order valence-electron chi connectivity index (χ3n) is 6.29. The molecule has 0 spiro atoms. The second-order valence-electron chi connectivity index (χ2n) is 9.99. The first kappa shape index (κ1) is 19.0. The summed E-state index contributed by atoms with van der Waals surface area (Å²) in [5, 5.41) is 2.45. The maximum absolute atomic E-state index is 6.51. The molecule has 30 heavy (non-hydrogen) atoms. The fourth-order valence-electron chi connectivity index (χ4n) is 4.82. The van der Waals surface area contributed by atoms with E-state index < -0.39 is 0 Å². The van der Waals surface area contributed by atoms with Crippen LogP contribution >= 0.6 is 0 Å². The summed E-state index contributed by atoms with van der Waals surface area (Å²) in [4.78, 5) is 4.99. The van der Waals surface area contributed by atoms with Crippen LogP contribution in [0.4, 0.5) is 0 Å². The molecule has 3 nitrogen and oxygen atoms in total. The highest BCUT2D eigenvalue weighted by molar-refractivity contribution is 6.05. The van der Waals surface area contributed by atoms with Gasteiger partial charge >= 0.3 is 0 Å². The molecule has 0 saturated carbocycles. The van der Waals surface area contributed by atoms with Gasteiger partial charge in [-0.15, -0.1) is 0 Å². The summed E-state index contributed by atoms with van der Waals surface area (Å²) in [6.07, 6.45) is 1.01. The minimum atomic E-state index is 0.216. The molecule has 5 rings (SSSR count). The van der Waals surface area contributed by atoms with Crippen LogP contribution < -0.4 is 9.30 Å². The van der Waals surface area contributed by atoms with E-state index in [1.54, 1.807) is 0 Å². The Labute approximate surface area is 178 Å². The summed E-state index contributed by atoms with van der Waals surface area (Å²) < 4.78 is 8.76. The molecule has 1 aliphatic heterocycles. The Morgan fingerprint density at radius 2 is 1.77 bits per heavy atom. The van der Waals surface area contributed by atoms with Gasteiger partial charge in [0.15, 0.2) is 0 Å². The molecule has 1 aliphatic rings. The largest absolute Gasteiger partial charge is 0.433 e. The lowest BCUT2D eigenvalue weighted by atomic mass is 9.85. The topological polar surface area (TPSA) is 26.0 Å². The Balaban J connectivity index is 1.89. The monoisotopic (exact) mass is 397 g/mol. The molecule has 2 heterocycles. The summed E-state index contributed by atoms with van der Waals surface area (Å²) >= 11 is 0. The van der Waals surface area contributed by atoms with Gasteiger partial charge in [-0.1, -0.05) is 45.0 Å². The SMILES string of the molecule is Cc1cc2cc(CC(C)(C)C)cc3c2c(c1C)-c1c(nc2c(C)cccc2[n+]1C)O3. The number of aromatic nitrogens is 2. The van der Waals surface area contributed by atoms with Crippen LogP contribution in [0.15, 0.2) is 36.4 Å². The number of ether oxygens (including phenoxy) is 1. The van der Waals surface area contributed by atoms with Crippen LogP contribution in [0.5, 0.6) is 11.6 Å². The zero-order chi connectivity index (χ0) is 21.4. The number of para-hydroxylation sites is 1. The summed E-state index contributed by atoms with van der Waals surface area (Å²) in [5.74, 6) is 1.63. The molecular formula is C27H29N2O+. The molecule has 1 aromatic heterocycles. The van der Waals surface area contributed by atoms with Crippen LogP contribution in [-0.2, 0) is 13.5 Å². The number of benzene rings is 3. The summed E-state index contributed by atoms with van der Waals surface area (Å²) in [6.45, 7) is 13.4. The Kier molecular flexibility index (Phi) is 3.99. The van der Waals surface area contributed by atoms with Crippen molar-refractivity contribution >= 4 is 21.8 Å². The molecule has 3 heteroatoms. The third kappa shape index (κ3) is 2.79. The van der Waals surface area contributed by atoms with Gasteiger partial charge in [-0.2, -0.15) is 4.57 Å². The van der Waals surface area contributed by atoms with Gasteiger partial charge in [0.05, 0.1) is 5.56 Å². The number of fused-ring (bicyclic) bond motifs is 3. The Morgan fingerprint density at radius 3 is 2.50 bits per heavy atom. The zero-order valence-electron chi connectivity index (χ0n) is 19.0. The Bertz CT molecular complexity index is 1360. The van der Waals surface area contributed by atoms with Crippen LogP contribution in [0.1, 0.15) is 43.0 Å². The minimum Gasteiger partial charge on any atom is -0.433 e. The van der Waals surface area contributed by atoms with Crippen molar-refractivity contribution in [2.75, 3.05) is 0 Å². The van der Waals surface area contributed by atoms with E-state index in [2.05, 4.69) is 89.6 Å². The van der Waals surface area contributed by atoms with Crippen molar-refractivity contribution in [2.24, 2.45) is 12.5 Å². The van der Waals surface area contributed by atoms with Crippen molar-refractivity contribution in [3.05, 3.63) is 58.7 Å². The van der Waals surface area contributed by atoms with Crippen molar-refractivity contribution in [1.29, 1.82) is 0 Å². The van der Waals surface area contributed by atoms with E-state index in [1.165, 1.54) is 33.0 Å². The van der Waals surface area contributed by atoms with E-state index in [-0.39, 0.29) is 5.41 Å². The predicted octanol–water partition coefficient (Wildman–Crippen LogP) is 6.50. The molecule has 0 bridgehead atoms. The van der Waals surface area contributed by atoms with Crippen molar-refractivity contribution < 1.29 is 9.30 Å². The molecule has 0 N–H and O–H groups in total. The van der Waals surface area contributed by atoms with E-state index in [0.717, 1.165) is 34.5 Å². The lowest BCUT2D eigenvalue weighted by molar-refractivity contribution is -0.634. The molecule has 152 valence electrons. The second-order valence-corrected chi connectivity index (χ2v) is 9.99. The smallest absolute Gasteiger partial charge is 0.294 e. The molecular weight excluding hydrogens is 368 g/mol. The lowest BCUT2D eigenvalue weighted by Gasteiger charge is -2.24. The van der Waals surface area contributed by atoms with Gasteiger partial charge in [-0.05, 0) is 66.3 Å². The maximum atomic E-state index is 6.51. The summed E-state index contributed by atoms with van der Waals surface area (Å²) in [5.41, 5.74) is 9.71. The number of hydrogen-bond donors (Lipinski definition) is 0. The first-order valence-corrected chi connectivity index (χ1v) is 10.7. The second kappa shape index (κ2) is 6.28. The van der Waals surface area contributed by atoms with E-state index in [9.17, 15) is 0 Å². The summed E-state index contributed by atoms with van der Waals surface area (Å²) in [7, 11) is 2.12. The van der Waals surface area contributed by atoms with E-state index in [4.69, 9.17) is 9.72 Å². The third-order valence-corrected chi connectivity index (χ3v) is 6.29. The van der Waals surface area contributed by atoms with E-state index in [0.29, 0.717) is 5.88 Å². The van der Waals surface area contributed by atoms with Crippen molar-refractivity contribution in [1.82, 2.24) is 4.98 Å². The fraction of sp³-hybridized carbons (Fsp3) is 0.333. The number of hydrogen-bond acceptors (Lipinski definition) is 2. The molecule has 0 radical (unpaired) electrons. The zero-order valence-corrected chi connectivity index (χ0v) is 19.0. The minimum absolute atomic E-state index is 0.216. The summed E-state index contributed by atoms with van der Waals surface area (Å²) in [6, 6.07) is 13.2. The standard InChI is InChI=1S/C27H29N2O/c1-15-9-8-10-20-24(15)28-26-25(29(20)7)22-17(3)16(2)11-19-12-18(14-27(4,5)6)13-21(30-26)23(19)22/h8-13H,14H2,1-7H3/q+1. The van der Waals surface area contributed by atoms with Crippen molar-refractivity contribution in [3.8, 4) is 22.9 Å². The molecule has 3 aromatic carbocycles. The van der Waals surface area contributed by atoms with Crippen LogP contribution in [-0.4, -0.2) is 4.98 Å². The number of nitrogens with zero attached hydrogens (tertiary/aromatic N) is 2. The van der Waals surface area contributed by atoms with Crippen LogP contribution in [0.2, 0.25) is 0 Å². The highest BCUT2D eigenvalue weighted by Crippen LogP contribution is 2.47. The number of rotatable bonds is 1. The predicted molar refractivity (Wildman–Crippen MR) is 123 cm³/mol. The molecule has 0 amide bonds. The first-order valence-electron chi connectivity index (χ1n) is 10.7. The van der Waals surface area contributed by atoms with E-state index in [1.807, 2.05) is 0 Å². The highest BCUT2D eigenvalue weighted by Gasteiger charge is 2.33. The molecule has 4 aromatic rings. The normalized spacial score (nSPS) is 12.9. The van der Waals surface area contributed by atoms with Crippen LogP contribution in [0, 0.1) is 26.2 Å². The number of aryl methyl sites for hydroxylation is 3. The lowest BCUT2D eigenvalue weighted by Crippen LogP contribution is -2.34. The highest BCUT2D eigenvalue weighted by atomic mass is 16.5. The van der Waals surface area contributed by atoms with Gasteiger partial charge in [0.1, 0.15) is 18.3 Å². The van der Waals surface area contributed by atoms with Crippen molar-refractivity contribution in [3.63, 3.8) is 0 Å². The molecule has 0 unspecified atom stereocenters. The van der Waals surface area contributed by atoms with Crippen LogP contribution in [0.25, 0.3) is 33.1 Å². The quantitative estimate of drug-likeness (QED) is 0.302. The molecule has 0 atom stereocenters. The van der Waals surface area contributed by atoms with Gasteiger partial charge in [-0.3, -0.25) is 0 Å². The fourth-order valence-corrected chi connectivity index (χ4v) is 4.82. The van der Waals surface area contributed by atoms with Crippen molar-refractivity contribution in [2.45, 2.75) is 48.0 Å². The molecule has 0 aliphatic carbocycles. The Hall–Kier alpha value is -2.94. The maximum Gasteiger partial charge on any atom is 0.294 e. The van der Waals surface area contributed by atoms with Gasteiger partial charge in [0.25, 0.3) is 11.6 Å². The Morgan fingerprint density at radius 1 is 1.00 bits per heavy atom. The van der Waals surface area contributed by atoms with Gasteiger partial charge in [0.2, 0.25) is 5.52 Å². The van der Waals surface area contributed by atoms with E-state index >= 15 is 0 Å². The van der Waals surface area contributed by atoms with Gasteiger partial charge in [-0.25, -0.2) is 4.98 Å². The van der Waals surface area contributed by atoms with Gasteiger partial charge < -0.3 is 4.74 Å². The van der Waals surface area contributed by atoms with Gasteiger partial charge in [0, 0.05) is 11.5 Å². The molecule has 0 fully saturated rings. The average Bonchev–Trinajstić information content (AvgIpc) is 2.64.